The molecule has 0 saturated heterocycles. The predicted octanol–water partition coefficient (Wildman–Crippen LogP) is 3.13. The molecule has 7 heteroatoms. The molecule has 3 aromatic rings. The largest absolute Gasteiger partial charge is 0.464 e. The number of amides is 1. The van der Waals surface area contributed by atoms with Crippen LogP contribution in [-0.4, -0.2) is 28.8 Å². The first-order valence-electron chi connectivity index (χ1n) is 7.76. The third-order valence-electron chi connectivity index (χ3n) is 4.14. The average Bonchev–Trinajstić information content (AvgIpc) is 3.04. The molecule has 0 saturated carbocycles. The summed E-state index contributed by atoms with van der Waals surface area (Å²) in [5.74, 6) is -0.803. The van der Waals surface area contributed by atoms with Gasteiger partial charge in [0.25, 0.3) is 5.91 Å². The van der Waals surface area contributed by atoms with Gasteiger partial charge in [0, 0.05) is 18.0 Å². The van der Waals surface area contributed by atoms with Crippen molar-refractivity contribution in [2.24, 2.45) is 7.05 Å². The highest BCUT2D eigenvalue weighted by molar-refractivity contribution is 6.09. The molecule has 0 radical (unpaired) electrons. The number of fused-ring (bicyclic) bond motifs is 1. The Morgan fingerprint density at radius 3 is 2.64 bits per heavy atom. The number of esters is 1. The number of carbonyl (C=O) groups is 2. The lowest BCUT2D eigenvalue weighted by molar-refractivity contribution is 0.0589. The highest BCUT2D eigenvalue weighted by atomic mass is 16.5. The molecule has 0 aliphatic heterocycles. The number of methoxy groups -OCH3 is 1. The Hall–Kier alpha value is -3.09. The second-order valence-electron chi connectivity index (χ2n) is 5.93. The van der Waals surface area contributed by atoms with Crippen molar-refractivity contribution in [3.63, 3.8) is 0 Å². The van der Waals surface area contributed by atoms with E-state index in [1.54, 1.807) is 14.0 Å². The first kappa shape index (κ1) is 16.8. The quantitative estimate of drug-likeness (QED) is 0.740. The molecule has 25 heavy (non-hydrogen) atoms. The van der Waals surface area contributed by atoms with Gasteiger partial charge in [-0.3, -0.25) is 9.48 Å². The monoisotopic (exact) mass is 341 g/mol. The third-order valence-corrected chi connectivity index (χ3v) is 4.14. The minimum absolute atomic E-state index is 0.179. The van der Waals surface area contributed by atoms with Crippen LogP contribution in [0.4, 0.5) is 5.69 Å². The second-order valence-corrected chi connectivity index (χ2v) is 5.93. The van der Waals surface area contributed by atoms with Gasteiger partial charge in [0.2, 0.25) is 0 Å². The Labute approximate surface area is 144 Å². The molecule has 0 spiro atoms. The number of aromatic nitrogens is 2. The van der Waals surface area contributed by atoms with Crippen LogP contribution in [0.1, 0.15) is 37.9 Å². The summed E-state index contributed by atoms with van der Waals surface area (Å²) in [4.78, 5) is 24.7. The van der Waals surface area contributed by atoms with E-state index in [1.807, 2.05) is 32.0 Å². The van der Waals surface area contributed by atoms with E-state index in [2.05, 4.69) is 10.4 Å². The number of hydrogen-bond acceptors (Lipinski definition) is 5. The van der Waals surface area contributed by atoms with E-state index in [0.29, 0.717) is 17.0 Å². The number of ether oxygens (including phenoxy) is 1. The standard InChI is InChI=1S/C18H19N3O4/c1-9-6-7-13-12(8-9)10(2)16(25-13)17(22)19-14-11(3)20-21(4)15(14)18(23)24-5/h6-8H,1-5H3,(H,19,22). The van der Waals surface area contributed by atoms with Gasteiger partial charge in [0.1, 0.15) is 5.58 Å². The molecule has 0 aliphatic rings. The molecule has 2 heterocycles. The van der Waals surface area contributed by atoms with E-state index >= 15 is 0 Å². The molecule has 3 rings (SSSR count). The molecule has 0 unspecified atom stereocenters. The fraction of sp³-hybridized carbons (Fsp3) is 0.278. The highest BCUT2D eigenvalue weighted by Gasteiger charge is 2.25. The number of anilines is 1. The summed E-state index contributed by atoms with van der Waals surface area (Å²) in [6, 6.07) is 5.73. The van der Waals surface area contributed by atoms with Crippen LogP contribution < -0.4 is 5.32 Å². The Morgan fingerprint density at radius 1 is 1.24 bits per heavy atom. The van der Waals surface area contributed by atoms with E-state index in [-0.39, 0.29) is 11.5 Å². The van der Waals surface area contributed by atoms with Gasteiger partial charge >= 0.3 is 5.97 Å². The van der Waals surface area contributed by atoms with Crippen molar-refractivity contribution in [2.75, 3.05) is 12.4 Å². The van der Waals surface area contributed by atoms with E-state index in [0.717, 1.165) is 16.5 Å². The fourth-order valence-electron chi connectivity index (χ4n) is 2.86. The number of hydrogen-bond donors (Lipinski definition) is 1. The van der Waals surface area contributed by atoms with Crippen molar-refractivity contribution in [2.45, 2.75) is 20.8 Å². The number of furan rings is 1. The average molecular weight is 341 g/mol. The van der Waals surface area contributed by atoms with Crippen molar-refractivity contribution in [3.8, 4) is 0 Å². The molecule has 0 fully saturated rings. The molecule has 1 aromatic carbocycles. The highest BCUT2D eigenvalue weighted by Crippen LogP contribution is 2.28. The summed E-state index contributed by atoms with van der Waals surface area (Å²) >= 11 is 0. The number of carbonyl (C=O) groups excluding carboxylic acids is 2. The lowest BCUT2D eigenvalue weighted by Gasteiger charge is -2.06. The molecule has 1 amide bonds. The van der Waals surface area contributed by atoms with Crippen molar-refractivity contribution in [1.29, 1.82) is 0 Å². The topological polar surface area (TPSA) is 86.4 Å². The number of aryl methyl sites for hydroxylation is 4. The van der Waals surface area contributed by atoms with Crippen LogP contribution in [0.3, 0.4) is 0 Å². The Kier molecular flexibility index (Phi) is 4.08. The number of rotatable bonds is 3. The van der Waals surface area contributed by atoms with E-state index in [9.17, 15) is 9.59 Å². The summed E-state index contributed by atoms with van der Waals surface area (Å²) in [7, 11) is 2.89. The molecule has 1 N–H and O–H groups in total. The van der Waals surface area contributed by atoms with Gasteiger partial charge in [-0.05, 0) is 32.9 Å². The van der Waals surface area contributed by atoms with E-state index < -0.39 is 11.9 Å². The van der Waals surface area contributed by atoms with Crippen LogP contribution in [0.2, 0.25) is 0 Å². The Morgan fingerprint density at radius 2 is 1.96 bits per heavy atom. The van der Waals surface area contributed by atoms with Crippen molar-refractivity contribution >= 4 is 28.5 Å². The van der Waals surface area contributed by atoms with Gasteiger partial charge in [0.15, 0.2) is 11.5 Å². The van der Waals surface area contributed by atoms with Crippen LogP contribution in [0.15, 0.2) is 22.6 Å². The minimum Gasteiger partial charge on any atom is -0.464 e. The van der Waals surface area contributed by atoms with Gasteiger partial charge in [-0.25, -0.2) is 4.79 Å². The maximum atomic E-state index is 12.7. The smallest absolute Gasteiger partial charge is 0.358 e. The molecule has 7 nitrogen and oxygen atoms in total. The van der Waals surface area contributed by atoms with Gasteiger partial charge < -0.3 is 14.5 Å². The molecule has 0 atom stereocenters. The summed E-state index contributed by atoms with van der Waals surface area (Å²) in [6.07, 6.45) is 0. The van der Waals surface area contributed by atoms with Crippen LogP contribution in [0, 0.1) is 20.8 Å². The van der Waals surface area contributed by atoms with Crippen molar-refractivity contribution < 1.29 is 18.7 Å². The Balaban J connectivity index is 2.01. The predicted molar refractivity (Wildman–Crippen MR) is 92.9 cm³/mol. The zero-order valence-electron chi connectivity index (χ0n) is 14.8. The maximum Gasteiger partial charge on any atom is 0.358 e. The minimum atomic E-state index is -0.574. The van der Waals surface area contributed by atoms with Crippen LogP contribution in [-0.2, 0) is 11.8 Å². The second kappa shape index (κ2) is 6.08. The normalized spacial score (nSPS) is 10.9. The van der Waals surface area contributed by atoms with Crippen LogP contribution in [0.25, 0.3) is 11.0 Å². The molecule has 2 aromatic heterocycles. The number of nitrogens with one attached hydrogen (secondary N) is 1. The molecular formula is C18H19N3O4. The molecule has 130 valence electrons. The van der Waals surface area contributed by atoms with E-state index in [1.165, 1.54) is 11.8 Å². The Bertz CT molecular complexity index is 998. The van der Waals surface area contributed by atoms with Crippen LogP contribution in [0.5, 0.6) is 0 Å². The fourth-order valence-corrected chi connectivity index (χ4v) is 2.86. The first-order valence-corrected chi connectivity index (χ1v) is 7.76. The SMILES string of the molecule is COC(=O)c1c(NC(=O)c2oc3ccc(C)cc3c2C)c(C)nn1C. The van der Waals surface area contributed by atoms with Gasteiger partial charge in [-0.1, -0.05) is 11.6 Å². The van der Waals surface area contributed by atoms with Gasteiger partial charge in [0.05, 0.1) is 18.5 Å². The zero-order chi connectivity index (χ0) is 18.3. The molecular weight excluding hydrogens is 322 g/mol. The van der Waals surface area contributed by atoms with E-state index in [4.69, 9.17) is 9.15 Å². The van der Waals surface area contributed by atoms with Crippen LogP contribution >= 0.6 is 0 Å². The van der Waals surface area contributed by atoms with Crippen molar-refractivity contribution in [3.05, 3.63) is 46.5 Å². The number of nitrogens with zero attached hydrogens (tertiary/aromatic N) is 2. The summed E-state index contributed by atoms with van der Waals surface area (Å²) in [5.41, 5.74) is 3.48. The third kappa shape index (κ3) is 2.77. The summed E-state index contributed by atoms with van der Waals surface area (Å²) < 4.78 is 11.9. The molecule has 0 bridgehead atoms. The maximum absolute atomic E-state index is 12.7. The summed E-state index contributed by atoms with van der Waals surface area (Å²) in [6.45, 7) is 5.52. The van der Waals surface area contributed by atoms with Crippen molar-refractivity contribution in [1.82, 2.24) is 9.78 Å². The lowest BCUT2D eigenvalue weighted by atomic mass is 10.1. The molecule has 0 aliphatic carbocycles. The van der Waals surface area contributed by atoms with Gasteiger partial charge in [-0.15, -0.1) is 0 Å². The number of benzene rings is 1. The summed E-state index contributed by atoms with van der Waals surface area (Å²) in [5, 5.41) is 7.79. The lowest BCUT2D eigenvalue weighted by Crippen LogP contribution is -2.17. The zero-order valence-corrected chi connectivity index (χ0v) is 14.8. The van der Waals surface area contributed by atoms with Gasteiger partial charge in [-0.2, -0.15) is 5.10 Å². The first-order chi connectivity index (χ1) is 11.8.